The first kappa shape index (κ1) is 14.7. The van der Waals surface area contributed by atoms with E-state index in [9.17, 15) is 9.90 Å². The lowest BCUT2D eigenvalue weighted by Gasteiger charge is -2.18. The molecule has 1 N–H and O–H groups in total. The first-order valence-corrected chi connectivity index (χ1v) is 6.12. The minimum absolute atomic E-state index is 0.482. The summed E-state index contributed by atoms with van der Waals surface area (Å²) < 4.78 is 11.1. The predicted octanol–water partition coefficient (Wildman–Crippen LogP) is 1.78. The topological polar surface area (TPSA) is 55.8 Å². The van der Waals surface area contributed by atoms with E-state index in [0.717, 1.165) is 0 Å². The zero-order valence-corrected chi connectivity index (χ0v) is 11.3. The second kappa shape index (κ2) is 5.55. The molecule has 100 valence electrons. The van der Waals surface area contributed by atoms with Gasteiger partial charge in [-0.2, -0.15) is 0 Å². The molecule has 3 unspecified atom stereocenters. The number of aliphatic hydroxyl groups is 1. The maximum absolute atomic E-state index is 10.5. The van der Waals surface area contributed by atoms with Crippen molar-refractivity contribution < 1.29 is 19.4 Å². The van der Waals surface area contributed by atoms with Gasteiger partial charge in [0.05, 0.1) is 0 Å². The molecule has 1 saturated heterocycles. The number of carbonyl (C=O) groups excluding carboxylic acids is 1. The number of allylic oxidation sites excluding steroid dienone is 1. The molecule has 4 nitrogen and oxygen atoms in total. The summed E-state index contributed by atoms with van der Waals surface area (Å²) >= 11 is 0. The van der Waals surface area contributed by atoms with Crippen LogP contribution in [0.4, 0.5) is 0 Å². The predicted molar refractivity (Wildman–Crippen MR) is 67.5 cm³/mol. The maximum Gasteiger partial charge on any atom is 0.265 e. The van der Waals surface area contributed by atoms with Crippen LogP contribution in [0.3, 0.4) is 0 Å². The van der Waals surface area contributed by atoms with E-state index < -0.39 is 17.5 Å². The summed E-state index contributed by atoms with van der Waals surface area (Å²) in [6.07, 6.45) is 2.48. The van der Waals surface area contributed by atoms with E-state index in [1.54, 1.807) is 6.92 Å². The summed E-state index contributed by atoms with van der Waals surface area (Å²) in [5.74, 6) is 5.95. The summed E-state index contributed by atoms with van der Waals surface area (Å²) in [7, 11) is 0. The molecule has 1 aliphatic rings. The average Bonchev–Trinajstić information content (AvgIpc) is 2.66. The third-order valence-electron chi connectivity index (χ3n) is 3.16. The summed E-state index contributed by atoms with van der Waals surface area (Å²) in [5.41, 5.74) is -1.68. The fourth-order valence-corrected chi connectivity index (χ4v) is 1.45. The van der Waals surface area contributed by atoms with E-state index >= 15 is 0 Å². The highest BCUT2D eigenvalue weighted by Crippen LogP contribution is 2.35. The number of rotatable bonds is 3. The van der Waals surface area contributed by atoms with Crippen molar-refractivity contribution >= 4 is 6.29 Å². The standard InChI is InChI=1S/C14H20O4/c1-5-13(3,16)9-7-12-17-11(8-10-15)14(4,6-2)18-12/h8,10,12,16H,5-6H2,1-4H3. The van der Waals surface area contributed by atoms with Gasteiger partial charge < -0.3 is 14.6 Å². The van der Waals surface area contributed by atoms with Crippen molar-refractivity contribution in [3.05, 3.63) is 11.8 Å². The van der Waals surface area contributed by atoms with Crippen molar-refractivity contribution in [2.45, 2.75) is 58.0 Å². The Bertz CT molecular complexity index is 400. The van der Waals surface area contributed by atoms with Gasteiger partial charge >= 0.3 is 0 Å². The Balaban J connectivity index is 2.86. The summed E-state index contributed by atoms with van der Waals surface area (Å²) in [6, 6.07) is 0. The van der Waals surface area contributed by atoms with E-state index in [4.69, 9.17) is 9.47 Å². The number of ether oxygens (including phenoxy) is 2. The zero-order valence-electron chi connectivity index (χ0n) is 11.3. The monoisotopic (exact) mass is 252 g/mol. The van der Waals surface area contributed by atoms with Crippen LogP contribution in [0.15, 0.2) is 11.8 Å². The van der Waals surface area contributed by atoms with Crippen molar-refractivity contribution in [2.75, 3.05) is 0 Å². The molecule has 0 radical (unpaired) electrons. The van der Waals surface area contributed by atoms with E-state index in [1.807, 2.05) is 20.8 Å². The number of carbonyl (C=O) groups is 1. The summed E-state index contributed by atoms with van der Waals surface area (Å²) in [5, 5.41) is 9.78. The highest BCUT2D eigenvalue weighted by atomic mass is 16.7. The Morgan fingerprint density at radius 1 is 1.56 bits per heavy atom. The van der Waals surface area contributed by atoms with Crippen LogP contribution in [0.25, 0.3) is 0 Å². The molecule has 0 aliphatic carbocycles. The zero-order chi connectivity index (χ0) is 13.8. The molecule has 0 amide bonds. The van der Waals surface area contributed by atoms with Gasteiger partial charge in [0.1, 0.15) is 23.2 Å². The normalized spacial score (nSPS) is 32.3. The largest absolute Gasteiger partial charge is 0.455 e. The number of hydrogen-bond donors (Lipinski definition) is 1. The van der Waals surface area contributed by atoms with E-state index in [2.05, 4.69) is 11.8 Å². The van der Waals surface area contributed by atoms with Crippen molar-refractivity contribution in [3.8, 4) is 11.8 Å². The molecule has 3 atom stereocenters. The highest BCUT2D eigenvalue weighted by molar-refractivity contribution is 5.66. The Morgan fingerprint density at radius 3 is 2.72 bits per heavy atom. The van der Waals surface area contributed by atoms with Gasteiger partial charge in [0.25, 0.3) is 6.29 Å². The molecule has 0 aromatic carbocycles. The third-order valence-corrected chi connectivity index (χ3v) is 3.16. The Hall–Kier alpha value is -1.31. The van der Waals surface area contributed by atoms with Gasteiger partial charge in [-0.15, -0.1) is 0 Å². The maximum atomic E-state index is 10.5. The molecule has 1 fully saturated rings. The molecule has 1 heterocycles. The van der Waals surface area contributed by atoms with Crippen LogP contribution >= 0.6 is 0 Å². The number of aldehydes is 1. The fraction of sp³-hybridized carbons (Fsp3) is 0.643. The molecule has 1 rings (SSSR count). The second-order valence-corrected chi connectivity index (χ2v) is 4.72. The highest BCUT2D eigenvalue weighted by Gasteiger charge is 2.40. The molecule has 18 heavy (non-hydrogen) atoms. The van der Waals surface area contributed by atoms with Crippen LogP contribution in [-0.2, 0) is 14.3 Å². The van der Waals surface area contributed by atoms with Crippen LogP contribution in [-0.4, -0.2) is 28.9 Å². The smallest absolute Gasteiger partial charge is 0.265 e. The quantitative estimate of drug-likeness (QED) is 0.472. The summed E-state index contributed by atoms with van der Waals surface area (Å²) in [4.78, 5) is 10.5. The molecule has 0 bridgehead atoms. The van der Waals surface area contributed by atoms with Crippen LogP contribution in [0.5, 0.6) is 0 Å². The molecular weight excluding hydrogens is 232 g/mol. The van der Waals surface area contributed by atoms with Gasteiger partial charge in [-0.1, -0.05) is 19.8 Å². The average molecular weight is 252 g/mol. The van der Waals surface area contributed by atoms with Gasteiger partial charge in [0, 0.05) is 6.08 Å². The van der Waals surface area contributed by atoms with E-state index in [-0.39, 0.29) is 0 Å². The van der Waals surface area contributed by atoms with Crippen molar-refractivity contribution in [1.82, 2.24) is 0 Å². The minimum atomic E-state index is -1.05. The SMILES string of the molecule is CCC(C)(O)C#CC1OC(=CC=O)C(C)(CC)O1. The first-order valence-electron chi connectivity index (χ1n) is 6.12. The van der Waals surface area contributed by atoms with E-state index in [1.165, 1.54) is 6.08 Å². The molecule has 0 aromatic heterocycles. The molecule has 0 spiro atoms. The van der Waals surface area contributed by atoms with Gasteiger partial charge in [-0.3, -0.25) is 4.79 Å². The Labute approximate surface area is 108 Å². The fourth-order valence-electron chi connectivity index (χ4n) is 1.45. The van der Waals surface area contributed by atoms with Crippen molar-refractivity contribution in [2.24, 2.45) is 0 Å². The van der Waals surface area contributed by atoms with Crippen LogP contribution in [0.1, 0.15) is 40.5 Å². The van der Waals surface area contributed by atoms with E-state index in [0.29, 0.717) is 24.9 Å². The van der Waals surface area contributed by atoms with Gasteiger partial charge in [0.15, 0.2) is 0 Å². The lowest BCUT2D eigenvalue weighted by Crippen LogP contribution is -2.25. The van der Waals surface area contributed by atoms with Gasteiger partial charge in [-0.05, 0) is 32.6 Å². The first-order chi connectivity index (χ1) is 8.37. The second-order valence-electron chi connectivity index (χ2n) is 4.72. The molecule has 0 aromatic rings. The third kappa shape index (κ3) is 3.34. The van der Waals surface area contributed by atoms with Crippen LogP contribution < -0.4 is 0 Å². The molecular formula is C14H20O4. The molecule has 1 aliphatic heterocycles. The minimum Gasteiger partial charge on any atom is -0.455 e. The van der Waals surface area contributed by atoms with Crippen molar-refractivity contribution in [3.63, 3.8) is 0 Å². The number of hydrogen-bond acceptors (Lipinski definition) is 4. The van der Waals surface area contributed by atoms with Gasteiger partial charge in [0.2, 0.25) is 0 Å². The summed E-state index contributed by atoms with van der Waals surface area (Å²) in [6.45, 7) is 7.27. The lowest BCUT2D eigenvalue weighted by molar-refractivity contribution is -0.104. The Morgan fingerprint density at radius 2 is 2.22 bits per heavy atom. The molecule has 4 heteroatoms. The van der Waals surface area contributed by atoms with Crippen LogP contribution in [0, 0.1) is 11.8 Å². The lowest BCUT2D eigenvalue weighted by atomic mass is 10.0. The van der Waals surface area contributed by atoms with Crippen molar-refractivity contribution in [1.29, 1.82) is 0 Å². The van der Waals surface area contributed by atoms with Crippen LogP contribution in [0.2, 0.25) is 0 Å². The molecule has 0 saturated carbocycles. The Kier molecular flexibility index (Phi) is 4.55. The van der Waals surface area contributed by atoms with Gasteiger partial charge in [-0.25, -0.2) is 0 Å².